The summed E-state index contributed by atoms with van der Waals surface area (Å²) in [5.74, 6) is -0.850. The van der Waals surface area contributed by atoms with E-state index in [1.165, 1.54) is 11.3 Å². The molecule has 1 aromatic carbocycles. The molecule has 5 heteroatoms. The molecule has 4 nitrogen and oxygen atoms in total. The predicted octanol–water partition coefficient (Wildman–Crippen LogP) is 3.48. The van der Waals surface area contributed by atoms with Crippen LogP contribution in [-0.2, 0) is 17.6 Å². The van der Waals surface area contributed by atoms with Crippen molar-refractivity contribution in [3.8, 4) is 10.6 Å². The Morgan fingerprint density at radius 3 is 2.95 bits per heavy atom. The third kappa shape index (κ3) is 2.20. The number of aromatic amines is 1. The van der Waals surface area contributed by atoms with Gasteiger partial charge in [0, 0.05) is 27.5 Å². The van der Waals surface area contributed by atoms with Crippen molar-refractivity contribution >= 4 is 28.2 Å². The van der Waals surface area contributed by atoms with Crippen LogP contribution in [0.3, 0.4) is 0 Å². The summed E-state index contributed by atoms with van der Waals surface area (Å²) in [5.41, 5.74) is 3.95. The van der Waals surface area contributed by atoms with Crippen molar-refractivity contribution in [2.75, 3.05) is 0 Å². The lowest BCUT2D eigenvalue weighted by molar-refractivity contribution is -0.136. The minimum Gasteiger partial charge on any atom is -0.481 e. The Balaban J connectivity index is 2.13. The van der Waals surface area contributed by atoms with Crippen LogP contribution in [0, 0.1) is 0 Å². The molecular weight excluding hydrogens is 272 g/mol. The quantitative estimate of drug-likeness (QED) is 0.771. The summed E-state index contributed by atoms with van der Waals surface area (Å²) in [6.07, 6.45) is 0.859. The highest BCUT2D eigenvalue weighted by molar-refractivity contribution is 7.13. The van der Waals surface area contributed by atoms with E-state index in [0.717, 1.165) is 33.6 Å². The second-order valence-corrected chi connectivity index (χ2v) is 5.45. The molecule has 0 atom stereocenters. The number of rotatable bonds is 4. The highest BCUT2D eigenvalue weighted by atomic mass is 32.1. The van der Waals surface area contributed by atoms with Gasteiger partial charge in [-0.2, -0.15) is 0 Å². The molecule has 2 heterocycles. The lowest BCUT2D eigenvalue weighted by Gasteiger charge is -1.98. The number of nitrogens with zero attached hydrogens (tertiary/aromatic N) is 1. The van der Waals surface area contributed by atoms with E-state index < -0.39 is 5.97 Å². The first-order valence-corrected chi connectivity index (χ1v) is 7.33. The summed E-state index contributed by atoms with van der Waals surface area (Å²) < 4.78 is 0. The van der Waals surface area contributed by atoms with Gasteiger partial charge in [0.2, 0.25) is 0 Å². The van der Waals surface area contributed by atoms with Gasteiger partial charge in [0.05, 0.1) is 12.1 Å². The molecule has 20 heavy (non-hydrogen) atoms. The van der Waals surface area contributed by atoms with Gasteiger partial charge in [-0.25, -0.2) is 4.98 Å². The molecule has 0 saturated heterocycles. The van der Waals surface area contributed by atoms with E-state index in [2.05, 4.69) is 23.0 Å². The zero-order valence-corrected chi connectivity index (χ0v) is 11.8. The molecule has 2 aromatic heterocycles. The number of benzene rings is 1. The maximum atomic E-state index is 10.8. The van der Waals surface area contributed by atoms with Gasteiger partial charge in [0.25, 0.3) is 0 Å². The Kier molecular flexibility index (Phi) is 3.28. The molecular formula is C15H14N2O2S. The molecule has 0 aliphatic heterocycles. The third-order valence-electron chi connectivity index (χ3n) is 3.24. The number of carbonyl (C=O) groups is 1. The van der Waals surface area contributed by atoms with Gasteiger partial charge in [-0.3, -0.25) is 4.79 Å². The maximum Gasteiger partial charge on any atom is 0.309 e. The molecule has 0 radical (unpaired) electrons. The topological polar surface area (TPSA) is 66.0 Å². The number of H-pyrrole nitrogens is 1. The number of para-hydroxylation sites is 1. The largest absolute Gasteiger partial charge is 0.481 e. The van der Waals surface area contributed by atoms with Crippen LogP contribution in [0.25, 0.3) is 21.5 Å². The lowest BCUT2D eigenvalue weighted by atomic mass is 10.1. The van der Waals surface area contributed by atoms with Crippen LogP contribution in [0.15, 0.2) is 29.6 Å². The average Bonchev–Trinajstić information content (AvgIpc) is 3.01. The molecule has 3 rings (SSSR count). The number of carboxylic acid groups (broad SMARTS) is 1. The number of aromatic nitrogens is 2. The van der Waals surface area contributed by atoms with Crippen molar-refractivity contribution < 1.29 is 9.90 Å². The number of nitrogens with one attached hydrogen (secondary N) is 1. The van der Waals surface area contributed by atoms with Crippen LogP contribution in [0.5, 0.6) is 0 Å². The van der Waals surface area contributed by atoms with Crippen LogP contribution in [0.2, 0.25) is 0 Å². The van der Waals surface area contributed by atoms with Gasteiger partial charge in [0.1, 0.15) is 5.01 Å². The molecule has 0 saturated carbocycles. The van der Waals surface area contributed by atoms with Crippen LogP contribution in [-0.4, -0.2) is 21.0 Å². The molecule has 2 N–H and O–H groups in total. The van der Waals surface area contributed by atoms with Gasteiger partial charge in [-0.15, -0.1) is 11.3 Å². The molecule has 0 fully saturated rings. The minimum absolute atomic E-state index is 0.0275. The number of hydrogen-bond donors (Lipinski definition) is 2. The van der Waals surface area contributed by atoms with E-state index in [9.17, 15) is 4.79 Å². The number of aryl methyl sites for hydroxylation is 1. The van der Waals surface area contributed by atoms with Gasteiger partial charge >= 0.3 is 5.97 Å². The fourth-order valence-electron chi connectivity index (χ4n) is 2.37. The molecule has 0 amide bonds. The zero-order chi connectivity index (χ0) is 14.1. The molecule has 0 spiro atoms. The molecule has 0 unspecified atom stereocenters. The van der Waals surface area contributed by atoms with Crippen molar-refractivity contribution in [2.24, 2.45) is 0 Å². The fourth-order valence-corrected chi connectivity index (χ4v) is 3.27. The summed E-state index contributed by atoms with van der Waals surface area (Å²) in [6, 6.07) is 8.12. The molecule has 0 aliphatic carbocycles. The second-order valence-electron chi connectivity index (χ2n) is 4.59. The second kappa shape index (κ2) is 5.09. The van der Waals surface area contributed by atoms with Crippen molar-refractivity contribution in [3.05, 3.63) is 41.0 Å². The first-order valence-electron chi connectivity index (χ1n) is 6.45. The average molecular weight is 286 g/mol. The van der Waals surface area contributed by atoms with Crippen LogP contribution < -0.4 is 0 Å². The Morgan fingerprint density at radius 2 is 2.20 bits per heavy atom. The van der Waals surface area contributed by atoms with E-state index in [-0.39, 0.29) is 6.42 Å². The summed E-state index contributed by atoms with van der Waals surface area (Å²) in [7, 11) is 0. The van der Waals surface area contributed by atoms with Crippen LogP contribution in [0.4, 0.5) is 0 Å². The monoisotopic (exact) mass is 286 g/mol. The highest BCUT2D eigenvalue weighted by Gasteiger charge is 2.15. The summed E-state index contributed by atoms with van der Waals surface area (Å²) in [6.45, 7) is 2.10. The Labute approximate surface area is 120 Å². The highest BCUT2D eigenvalue weighted by Crippen LogP contribution is 2.34. The smallest absolute Gasteiger partial charge is 0.309 e. The first-order chi connectivity index (χ1) is 9.69. The number of thiazole rings is 1. The number of hydrogen-bond acceptors (Lipinski definition) is 3. The van der Waals surface area contributed by atoms with E-state index in [1.807, 2.05) is 23.6 Å². The molecule has 102 valence electrons. The van der Waals surface area contributed by atoms with Crippen molar-refractivity contribution in [3.63, 3.8) is 0 Å². The standard InChI is InChI=1S/C15H14N2O2S/c1-2-11-14(10-5-3-4-6-12(10)17-11)15-16-9(8-20-15)7-13(18)19/h3-6,8,17H,2,7H2,1H3,(H,18,19). The fraction of sp³-hybridized carbons (Fsp3) is 0.200. The number of fused-ring (bicyclic) bond motifs is 1. The normalized spacial score (nSPS) is 11.1. The van der Waals surface area contributed by atoms with Crippen LogP contribution >= 0.6 is 11.3 Å². The predicted molar refractivity (Wildman–Crippen MR) is 80.1 cm³/mol. The molecule has 3 aromatic rings. The Hall–Kier alpha value is -2.14. The Morgan fingerprint density at radius 1 is 1.40 bits per heavy atom. The molecule has 0 aliphatic rings. The van der Waals surface area contributed by atoms with Gasteiger partial charge < -0.3 is 10.1 Å². The van der Waals surface area contributed by atoms with E-state index in [1.54, 1.807) is 0 Å². The summed E-state index contributed by atoms with van der Waals surface area (Å²) >= 11 is 1.50. The van der Waals surface area contributed by atoms with Gasteiger partial charge in [0.15, 0.2) is 0 Å². The number of aliphatic carboxylic acids is 1. The van der Waals surface area contributed by atoms with Crippen LogP contribution in [0.1, 0.15) is 18.3 Å². The lowest BCUT2D eigenvalue weighted by Crippen LogP contribution is -1.99. The summed E-state index contributed by atoms with van der Waals surface area (Å²) in [5, 5.41) is 12.7. The third-order valence-corrected chi connectivity index (χ3v) is 4.14. The molecule has 0 bridgehead atoms. The van der Waals surface area contributed by atoms with E-state index >= 15 is 0 Å². The SMILES string of the molecule is CCc1[nH]c2ccccc2c1-c1nc(CC(=O)O)cs1. The first kappa shape index (κ1) is 12.9. The zero-order valence-electron chi connectivity index (χ0n) is 11.0. The van der Waals surface area contributed by atoms with Crippen molar-refractivity contribution in [1.29, 1.82) is 0 Å². The van der Waals surface area contributed by atoms with Gasteiger partial charge in [-0.05, 0) is 12.5 Å². The van der Waals surface area contributed by atoms with E-state index in [0.29, 0.717) is 5.69 Å². The van der Waals surface area contributed by atoms with Gasteiger partial charge in [-0.1, -0.05) is 25.1 Å². The minimum atomic E-state index is -0.850. The number of carboxylic acids is 1. The Bertz CT molecular complexity index is 773. The maximum absolute atomic E-state index is 10.8. The van der Waals surface area contributed by atoms with E-state index in [4.69, 9.17) is 5.11 Å². The summed E-state index contributed by atoms with van der Waals surface area (Å²) in [4.78, 5) is 18.6. The van der Waals surface area contributed by atoms with Crippen molar-refractivity contribution in [2.45, 2.75) is 19.8 Å². The van der Waals surface area contributed by atoms with Crippen molar-refractivity contribution in [1.82, 2.24) is 9.97 Å².